The van der Waals surface area contributed by atoms with E-state index in [0.29, 0.717) is 6.54 Å². The van der Waals surface area contributed by atoms with Crippen molar-refractivity contribution >= 4 is 0 Å². The Bertz CT molecular complexity index is 40.5. The van der Waals surface area contributed by atoms with Crippen LogP contribution < -0.4 is 3.88 Å². The monoisotopic (exact) mass is 271 g/mol. The van der Waals surface area contributed by atoms with Crippen LogP contribution in [0.5, 0.6) is 0 Å². The van der Waals surface area contributed by atoms with Crippen LogP contribution in [0.25, 0.3) is 0 Å². The van der Waals surface area contributed by atoms with Gasteiger partial charge in [0.15, 0.2) is 0 Å². The molecule has 0 bridgehead atoms. The summed E-state index contributed by atoms with van der Waals surface area (Å²) in [6, 6.07) is 0. The van der Waals surface area contributed by atoms with Gasteiger partial charge in [-0.05, 0) is 0 Å². The van der Waals surface area contributed by atoms with Gasteiger partial charge in [0, 0.05) is 0 Å². The summed E-state index contributed by atoms with van der Waals surface area (Å²) in [5, 5.41) is 8.01. The van der Waals surface area contributed by atoms with Crippen molar-refractivity contribution in [1.29, 1.82) is 0 Å². The fraction of sp³-hybridized carbons (Fsp3) is 1.00. The topological polar surface area (TPSA) is 49.3 Å². The first kappa shape index (κ1) is 6.41. The first-order valence-corrected chi connectivity index (χ1v) is 3.52. The molecular formula is C2H6NO2Pt. The predicted octanol–water partition coefficient (Wildman–Crippen LogP) is -1.09. The van der Waals surface area contributed by atoms with Crippen molar-refractivity contribution < 1.29 is 27.3 Å². The number of aliphatic hydroxyl groups is 1. The van der Waals surface area contributed by atoms with Crippen molar-refractivity contribution in [3.05, 3.63) is 0 Å². The second-order valence-electron chi connectivity index (χ2n) is 0.650. The maximum absolute atomic E-state index is 9.58. The standard InChI is InChI=1S/C2H6NO.O.Pt/c3-1-2-4;;/h3-4H,1-2H2;;/q-1;;+1. The Morgan fingerprint density at radius 1 is 1.83 bits per heavy atom. The second kappa shape index (κ2) is 5.41. The Kier molecular flexibility index (Phi) is 5.78. The Balaban J connectivity index is 2.49. The zero-order valence-electron chi connectivity index (χ0n) is 3.09. The fourth-order valence-electron chi connectivity index (χ4n) is 0.0676. The molecule has 0 atom stereocenters. The van der Waals surface area contributed by atoms with E-state index in [2.05, 4.69) is 3.88 Å². The molecule has 0 heterocycles. The zero-order valence-corrected chi connectivity index (χ0v) is 5.36. The first-order valence-electron chi connectivity index (χ1n) is 1.46. The summed E-state index contributed by atoms with van der Waals surface area (Å²) in [4.78, 5) is 0. The van der Waals surface area contributed by atoms with Crippen LogP contribution in [0.1, 0.15) is 0 Å². The molecule has 0 spiro atoms. The van der Waals surface area contributed by atoms with Gasteiger partial charge in [0.2, 0.25) is 0 Å². The van der Waals surface area contributed by atoms with Gasteiger partial charge in [-0.25, -0.2) is 0 Å². The summed E-state index contributed by atoms with van der Waals surface area (Å²) in [6.07, 6.45) is 0. The average molecular weight is 271 g/mol. The van der Waals surface area contributed by atoms with E-state index in [1.165, 1.54) is 0 Å². The molecule has 0 aliphatic heterocycles. The van der Waals surface area contributed by atoms with Crippen LogP contribution in [0.15, 0.2) is 0 Å². The van der Waals surface area contributed by atoms with Gasteiger partial charge in [-0.15, -0.1) is 0 Å². The quantitative estimate of drug-likeness (QED) is 0.641. The minimum atomic E-state index is -1.07. The van der Waals surface area contributed by atoms with E-state index >= 15 is 0 Å². The van der Waals surface area contributed by atoms with Crippen molar-refractivity contribution in [2.45, 2.75) is 0 Å². The third-order valence-corrected chi connectivity index (χ3v) is 1.13. The van der Waals surface area contributed by atoms with Crippen molar-refractivity contribution in [3.8, 4) is 0 Å². The van der Waals surface area contributed by atoms with Crippen LogP contribution >= 0.6 is 0 Å². The predicted molar refractivity (Wildman–Crippen MR) is 15.8 cm³/mol. The maximum atomic E-state index is 9.58. The minimum absolute atomic E-state index is 0.0717. The molecule has 2 N–H and O–H groups in total. The Labute approximate surface area is 44.9 Å². The summed E-state index contributed by atoms with van der Waals surface area (Å²) in [7, 11) is 0. The van der Waals surface area contributed by atoms with Gasteiger partial charge in [-0.1, -0.05) is 0 Å². The molecular weight excluding hydrogens is 265 g/mol. The van der Waals surface area contributed by atoms with Crippen molar-refractivity contribution in [2.75, 3.05) is 13.2 Å². The molecule has 41 valence electrons. The molecule has 6 heavy (non-hydrogen) atoms. The van der Waals surface area contributed by atoms with Gasteiger partial charge in [-0.2, -0.15) is 0 Å². The second-order valence-corrected chi connectivity index (χ2v) is 1.92. The molecule has 0 aromatic rings. The Morgan fingerprint density at radius 2 is 2.50 bits per heavy atom. The molecule has 0 aliphatic rings. The summed E-state index contributed by atoms with van der Waals surface area (Å²) >= 11 is -1.07. The van der Waals surface area contributed by atoms with Crippen LogP contribution in [0.3, 0.4) is 0 Å². The molecule has 0 saturated heterocycles. The van der Waals surface area contributed by atoms with Gasteiger partial charge < -0.3 is 0 Å². The summed E-state index contributed by atoms with van der Waals surface area (Å²) in [6.45, 7) is 0.527. The van der Waals surface area contributed by atoms with Crippen molar-refractivity contribution in [2.24, 2.45) is 0 Å². The molecule has 0 saturated carbocycles. The van der Waals surface area contributed by atoms with E-state index in [9.17, 15) is 3.40 Å². The fourth-order valence-corrected chi connectivity index (χ4v) is 0.554. The first-order chi connectivity index (χ1) is 2.91. The van der Waals surface area contributed by atoms with Gasteiger partial charge in [-0.3, -0.25) is 0 Å². The summed E-state index contributed by atoms with van der Waals surface area (Å²) < 4.78 is 12.1. The number of nitrogens with one attached hydrogen (secondary N) is 1. The summed E-state index contributed by atoms with van der Waals surface area (Å²) in [5.41, 5.74) is 0. The van der Waals surface area contributed by atoms with E-state index < -0.39 is 18.8 Å². The molecule has 4 heteroatoms. The third kappa shape index (κ3) is 4.41. The molecule has 0 aromatic heterocycles. The van der Waals surface area contributed by atoms with Crippen molar-refractivity contribution in [3.63, 3.8) is 0 Å². The Hall–Kier alpha value is 0.408. The molecule has 0 rings (SSSR count). The van der Waals surface area contributed by atoms with Crippen LogP contribution in [0.4, 0.5) is 0 Å². The molecule has 0 aliphatic carbocycles. The third-order valence-electron chi connectivity index (χ3n) is 0.237. The van der Waals surface area contributed by atoms with Gasteiger partial charge in [0.05, 0.1) is 0 Å². The van der Waals surface area contributed by atoms with Crippen LogP contribution in [0.2, 0.25) is 0 Å². The van der Waals surface area contributed by atoms with E-state index in [1.54, 1.807) is 0 Å². The molecule has 0 aromatic carbocycles. The average Bonchev–Trinajstić information content (AvgIpc) is 1.61. The molecule has 0 fully saturated rings. The SMILES string of the molecule is [O]=[Pt][NH]CCO. The number of rotatable bonds is 3. The zero-order chi connectivity index (χ0) is 4.83. The summed E-state index contributed by atoms with van der Waals surface area (Å²) in [5.74, 6) is 0. The van der Waals surface area contributed by atoms with Crippen LogP contribution in [-0.4, -0.2) is 18.3 Å². The van der Waals surface area contributed by atoms with Gasteiger partial charge >= 0.3 is 44.3 Å². The van der Waals surface area contributed by atoms with Gasteiger partial charge in [0.25, 0.3) is 0 Å². The number of hydrogen-bond acceptors (Lipinski definition) is 2. The van der Waals surface area contributed by atoms with E-state index in [1.807, 2.05) is 0 Å². The van der Waals surface area contributed by atoms with Gasteiger partial charge in [0.1, 0.15) is 0 Å². The molecule has 0 amide bonds. The van der Waals surface area contributed by atoms with E-state index in [-0.39, 0.29) is 6.61 Å². The van der Waals surface area contributed by atoms with Crippen LogP contribution in [-0.2, 0) is 22.2 Å². The van der Waals surface area contributed by atoms with E-state index in [4.69, 9.17) is 5.11 Å². The molecule has 3 nitrogen and oxygen atoms in total. The van der Waals surface area contributed by atoms with Crippen LogP contribution in [0, 0.1) is 0 Å². The normalized spacial score (nSPS) is 9.50. The number of aliphatic hydroxyl groups excluding tert-OH is 1. The molecule has 0 radical (unpaired) electrons. The molecule has 0 unspecified atom stereocenters. The number of hydrogen-bond donors (Lipinski definition) is 2. The van der Waals surface area contributed by atoms with E-state index in [0.717, 1.165) is 0 Å². The Morgan fingerprint density at radius 3 is 2.67 bits per heavy atom. The van der Waals surface area contributed by atoms with Crippen molar-refractivity contribution in [1.82, 2.24) is 3.88 Å².